The number of likely N-dealkylation sites (tertiary alicyclic amines) is 1. The van der Waals surface area contributed by atoms with Crippen LogP contribution in [0, 0.1) is 5.92 Å². The summed E-state index contributed by atoms with van der Waals surface area (Å²) >= 11 is 5.86. The number of hydrogen-bond donors (Lipinski definition) is 2. The van der Waals surface area contributed by atoms with Gasteiger partial charge in [-0.3, -0.25) is 9.59 Å². The molecule has 1 aromatic rings. The fourth-order valence-corrected chi connectivity index (χ4v) is 3.04. The predicted octanol–water partition coefficient (Wildman–Crippen LogP) is 2.86. The molecule has 1 saturated heterocycles. The van der Waals surface area contributed by atoms with Crippen LogP contribution in [-0.2, 0) is 4.79 Å². The number of carbonyl (C=O) groups excluding carboxylic acids is 2. The van der Waals surface area contributed by atoms with Crippen molar-refractivity contribution in [2.75, 3.05) is 13.1 Å². The molecule has 1 aliphatic heterocycles. The molecule has 1 fully saturated rings. The Morgan fingerprint density at radius 1 is 1.36 bits per heavy atom. The molecule has 1 aromatic carbocycles. The van der Waals surface area contributed by atoms with Crippen molar-refractivity contribution in [2.45, 2.75) is 45.2 Å². The summed E-state index contributed by atoms with van der Waals surface area (Å²) in [6.45, 7) is 5.26. The van der Waals surface area contributed by atoms with Gasteiger partial charge < -0.3 is 16.0 Å². The monoisotopic (exact) mass is 387 g/mol. The molecule has 1 heterocycles. The van der Waals surface area contributed by atoms with Crippen LogP contribution in [0.3, 0.4) is 0 Å². The third-order valence-electron chi connectivity index (χ3n) is 4.64. The normalized spacial score (nSPS) is 19.5. The molecule has 0 spiro atoms. The van der Waals surface area contributed by atoms with Crippen molar-refractivity contribution >= 4 is 35.8 Å². The van der Waals surface area contributed by atoms with Gasteiger partial charge in [0.25, 0.3) is 5.91 Å². The van der Waals surface area contributed by atoms with Crippen LogP contribution in [0.5, 0.6) is 0 Å². The van der Waals surface area contributed by atoms with Gasteiger partial charge in [0.2, 0.25) is 5.91 Å². The molecule has 0 bridgehead atoms. The first-order valence-corrected chi connectivity index (χ1v) is 8.91. The van der Waals surface area contributed by atoms with E-state index in [1.165, 1.54) is 0 Å². The van der Waals surface area contributed by atoms with Gasteiger partial charge in [-0.2, -0.15) is 0 Å². The number of benzene rings is 1. The van der Waals surface area contributed by atoms with E-state index in [2.05, 4.69) is 5.32 Å². The van der Waals surface area contributed by atoms with E-state index in [0.717, 1.165) is 19.3 Å². The van der Waals surface area contributed by atoms with Gasteiger partial charge in [-0.1, -0.05) is 31.9 Å². The Bertz CT molecular complexity index is 580. The first-order chi connectivity index (χ1) is 11.4. The third kappa shape index (κ3) is 5.87. The van der Waals surface area contributed by atoms with Crippen molar-refractivity contribution in [2.24, 2.45) is 11.7 Å². The van der Waals surface area contributed by atoms with Crippen LogP contribution in [0.25, 0.3) is 0 Å². The largest absolute Gasteiger partial charge is 0.340 e. The molecule has 0 aromatic heterocycles. The van der Waals surface area contributed by atoms with Crippen LogP contribution in [0.1, 0.15) is 43.5 Å². The molecule has 1 aliphatic rings. The van der Waals surface area contributed by atoms with E-state index in [9.17, 15) is 9.59 Å². The van der Waals surface area contributed by atoms with Gasteiger partial charge in [-0.05, 0) is 43.0 Å². The lowest BCUT2D eigenvalue weighted by Crippen LogP contribution is -2.55. The lowest BCUT2D eigenvalue weighted by atomic mass is 9.96. The molecule has 0 aliphatic carbocycles. The quantitative estimate of drug-likeness (QED) is 0.815. The van der Waals surface area contributed by atoms with E-state index in [0.29, 0.717) is 23.7 Å². The summed E-state index contributed by atoms with van der Waals surface area (Å²) in [6.07, 6.45) is 2.65. The zero-order valence-electron chi connectivity index (χ0n) is 14.7. The van der Waals surface area contributed by atoms with Crippen molar-refractivity contribution < 1.29 is 9.59 Å². The second-order valence-electron chi connectivity index (χ2n) is 6.53. The molecule has 7 heteroatoms. The maximum atomic E-state index is 12.9. The molecule has 140 valence electrons. The minimum Gasteiger partial charge on any atom is -0.340 e. The Kier molecular flexibility index (Phi) is 8.69. The molecule has 25 heavy (non-hydrogen) atoms. The van der Waals surface area contributed by atoms with E-state index in [-0.39, 0.29) is 36.2 Å². The smallest absolute Gasteiger partial charge is 0.251 e. The first-order valence-electron chi connectivity index (χ1n) is 8.53. The highest BCUT2D eigenvalue weighted by molar-refractivity contribution is 6.30. The molecule has 0 radical (unpaired) electrons. The Labute approximate surface area is 160 Å². The summed E-state index contributed by atoms with van der Waals surface area (Å²) in [6, 6.07) is 6.13. The Balaban J connectivity index is 0.00000312. The van der Waals surface area contributed by atoms with E-state index >= 15 is 0 Å². The van der Waals surface area contributed by atoms with Gasteiger partial charge in [-0.25, -0.2) is 0 Å². The van der Waals surface area contributed by atoms with Crippen LogP contribution < -0.4 is 11.1 Å². The van der Waals surface area contributed by atoms with Crippen molar-refractivity contribution in [1.29, 1.82) is 0 Å². The highest BCUT2D eigenvalue weighted by atomic mass is 35.5. The minimum absolute atomic E-state index is 0. The SMILES string of the molecule is CCC(C)C(NC(=O)c1ccc(Cl)cc1)C(=O)N1CCCC(N)C1.Cl. The number of nitrogens with one attached hydrogen (secondary N) is 1. The second kappa shape index (κ2) is 10.00. The fraction of sp³-hybridized carbons (Fsp3) is 0.556. The van der Waals surface area contributed by atoms with Gasteiger partial charge in [-0.15, -0.1) is 12.4 Å². The highest BCUT2D eigenvalue weighted by Crippen LogP contribution is 2.16. The van der Waals surface area contributed by atoms with Gasteiger partial charge in [0.05, 0.1) is 0 Å². The number of nitrogens with zero attached hydrogens (tertiary/aromatic N) is 1. The van der Waals surface area contributed by atoms with E-state index in [1.54, 1.807) is 29.2 Å². The van der Waals surface area contributed by atoms with E-state index in [4.69, 9.17) is 17.3 Å². The molecule has 3 N–H and O–H groups in total. The number of carbonyl (C=O) groups is 2. The Morgan fingerprint density at radius 3 is 2.56 bits per heavy atom. The zero-order chi connectivity index (χ0) is 17.7. The van der Waals surface area contributed by atoms with Crippen LogP contribution in [-0.4, -0.2) is 41.9 Å². The van der Waals surface area contributed by atoms with Crippen molar-refractivity contribution in [3.05, 3.63) is 34.9 Å². The Morgan fingerprint density at radius 2 is 2.00 bits per heavy atom. The fourth-order valence-electron chi connectivity index (χ4n) is 2.92. The molecule has 2 amide bonds. The number of rotatable bonds is 5. The standard InChI is InChI=1S/C18H26ClN3O2.ClH/c1-3-12(2)16(18(24)22-10-4-5-15(20)11-22)21-17(23)13-6-8-14(19)9-7-13;/h6-9,12,15-16H,3-5,10-11,20H2,1-2H3,(H,21,23);1H. The average molecular weight is 388 g/mol. The van der Waals surface area contributed by atoms with Gasteiger partial charge in [0, 0.05) is 29.7 Å². The van der Waals surface area contributed by atoms with Gasteiger partial charge in [0.15, 0.2) is 0 Å². The molecular weight excluding hydrogens is 361 g/mol. The minimum atomic E-state index is -0.538. The molecule has 5 nitrogen and oxygen atoms in total. The molecule has 3 unspecified atom stereocenters. The highest BCUT2D eigenvalue weighted by Gasteiger charge is 2.32. The summed E-state index contributed by atoms with van der Waals surface area (Å²) in [4.78, 5) is 27.2. The maximum absolute atomic E-state index is 12.9. The number of hydrogen-bond acceptors (Lipinski definition) is 3. The van der Waals surface area contributed by atoms with Crippen LogP contribution in [0.15, 0.2) is 24.3 Å². The van der Waals surface area contributed by atoms with Crippen LogP contribution >= 0.6 is 24.0 Å². The predicted molar refractivity (Wildman–Crippen MR) is 103 cm³/mol. The number of nitrogens with two attached hydrogens (primary N) is 1. The summed E-state index contributed by atoms with van der Waals surface area (Å²) in [5.74, 6) is -0.250. The summed E-state index contributed by atoms with van der Waals surface area (Å²) in [5, 5.41) is 3.47. The van der Waals surface area contributed by atoms with E-state index < -0.39 is 6.04 Å². The number of halogens is 2. The summed E-state index contributed by atoms with van der Waals surface area (Å²) in [7, 11) is 0. The Hall–Kier alpha value is -1.30. The van der Waals surface area contributed by atoms with Gasteiger partial charge in [0.1, 0.15) is 6.04 Å². The van der Waals surface area contributed by atoms with Crippen molar-refractivity contribution in [3.8, 4) is 0 Å². The average Bonchev–Trinajstić information content (AvgIpc) is 2.58. The summed E-state index contributed by atoms with van der Waals surface area (Å²) < 4.78 is 0. The van der Waals surface area contributed by atoms with Gasteiger partial charge >= 0.3 is 0 Å². The first kappa shape index (κ1) is 21.7. The lowest BCUT2D eigenvalue weighted by molar-refractivity contribution is -0.135. The molecule has 3 atom stereocenters. The topological polar surface area (TPSA) is 75.4 Å². The molecular formula is C18H27Cl2N3O2. The van der Waals surface area contributed by atoms with E-state index in [1.807, 2.05) is 13.8 Å². The second-order valence-corrected chi connectivity index (χ2v) is 6.97. The van der Waals surface area contributed by atoms with Crippen LogP contribution in [0.4, 0.5) is 0 Å². The van der Waals surface area contributed by atoms with Crippen molar-refractivity contribution in [3.63, 3.8) is 0 Å². The third-order valence-corrected chi connectivity index (χ3v) is 4.89. The number of amides is 2. The zero-order valence-corrected chi connectivity index (χ0v) is 16.3. The number of piperidine rings is 1. The molecule has 0 saturated carbocycles. The van der Waals surface area contributed by atoms with Crippen LogP contribution in [0.2, 0.25) is 5.02 Å². The van der Waals surface area contributed by atoms with Crippen molar-refractivity contribution in [1.82, 2.24) is 10.2 Å². The molecule has 2 rings (SSSR count). The summed E-state index contributed by atoms with van der Waals surface area (Å²) in [5.41, 5.74) is 6.48. The lowest BCUT2D eigenvalue weighted by Gasteiger charge is -2.35. The maximum Gasteiger partial charge on any atom is 0.251 e.